The summed E-state index contributed by atoms with van der Waals surface area (Å²) in [5, 5.41) is 10.1. The van der Waals surface area contributed by atoms with Gasteiger partial charge >= 0.3 is 0 Å². The molecule has 0 fully saturated rings. The predicted molar refractivity (Wildman–Crippen MR) is 130 cm³/mol. The molecule has 1 aromatic heterocycles. The van der Waals surface area contributed by atoms with E-state index in [2.05, 4.69) is 4.98 Å². The number of ether oxygens (including phenoxy) is 1. The molecule has 1 aliphatic heterocycles. The first-order chi connectivity index (χ1) is 16.8. The van der Waals surface area contributed by atoms with Gasteiger partial charge in [0.2, 0.25) is 0 Å². The van der Waals surface area contributed by atoms with Crippen LogP contribution in [0.4, 0.5) is 0 Å². The van der Waals surface area contributed by atoms with Gasteiger partial charge in [-0.2, -0.15) is 0 Å². The molecule has 3 aromatic carbocycles. The standard InChI is InChI=1S/C27H23N3O5/c1-16(2)35-22-9-5-7-20-24(22)27(34)29(25(20)32)15-14-23-28-21-8-4-3-6-19(21)26(33)30(23)17-10-12-18(31)13-11-17/h3-13,16,31H,14-15H2,1-2H3. The first-order valence-electron chi connectivity index (χ1n) is 11.3. The van der Waals surface area contributed by atoms with Gasteiger partial charge in [-0.1, -0.05) is 18.2 Å². The summed E-state index contributed by atoms with van der Waals surface area (Å²) in [6.07, 6.45) is 0.00673. The summed E-state index contributed by atoms with van der Waals surface area (Å²) in [4.78, 5) is 45.5. The van der Waals surface area contributed by atoms with Crippen molar-refractivity contribution >= 4 is 22.7 Å². The highest BCUT2D eigenvalue weighted by molar-refractivity contribution is 6.22. The molecular formula is C27H23N3O5. The highest BCUT2D eigenvalue weighted by Gasteiger charge is 2.38. The third-order valence-corrected chi connectivity index (χ3v) is 5.84. The topological polar surface area (TPSA) is 102 Å². The van der Waals surface area contributed by atoms with E-state index in [1.54, 1.807) is 54.6 Å². The Morgan fingerprint density at radius 2 is 1.66 bits per heavy atom. The SMILES string of the molecule is CC(C)Oc1cccc2c1C(=O)N(CCc1nc3ccccc3c(=O)n1-c1ccc(O)cc1)C2=O. The number of benzene rings is 3. The molecule has 0 aliphatic carbocycles. The van der Waals surface area contributed by atoms with Crippen LogP contribution in [0, 0.1) is 0 Å². The van der Waals surface area contributed by atoms with Crippen LogP contribution in [0.5, 0.6) is 11.5 Å². The fourth-order valence-corrected chi connectivity index (χ4v) is 4.28. The monoisotopic (exact) mass is 469 g/mol. The number of imide groups is 1. The smallest absolute Gasteiger partial charge is 0.265 e. The second kappa shape index (κ2) is 8.72. The number of carbonyl (C=O) groups excluding carboxylic acids is 2. The maximum Gasteiger partial charge on any atom is 0.265 e. The summed E-state index contributed by atoms with van der Waals surface area (Å²) in [6.45, 7) is 3.75. The van der Waals surface area contributed by atoms with E-state index >= 15 is 0 Å². The largest absolute Gasteiger partial charge is 0.508 e. The highest BCUT2D eigenvalue weighted by atomic mass is 16.5. The van der Waals surface area contributed by atoms with Gasteiger partial charge in [-0.25, -0.2) is 4.98 Å². The number of hydrogen-bond acceptors (Lipinski definition) is 6. The van der Waals surface area contributed by atoms with Crippen molar-refractivity contribution in [2.45, 2.75) is 26.4 Å². The second-order valence-corrected chi connectivity index (χ2v) is 8.56. The summed E-state index contributed by atoms with van der Waals surface area (Å²) in [7, 11) is 0. The molecule has 2 amide bonds. The van der Waals surface area contributed by atoms with Gasteiger partial charge < -0.3 is 9.84 Å². The van der Waals surface area contributed by atoms with Crippen LogP contribution >= 0.6 is 0 Å². The fraction of sp³-hybridized carbons (Fsp3) is 0.185. The van der Waals surface area contributed by atoms with E-state index in [4.69, 9.17) is 4.74 Å². The van der Waals surface area contributed by atoms with Crippen molar-refractivity contribution in [2.24, 2.45) is 0 Å². The molecule has 5 rings (SSSR count). The third-order valence-electron chi connectivity index (χ3n) is 5.84. The van der Waals surface area contributed by atoms with Gasteiger partial charge in [-0.15, -0.1) is 0 Å². The van der Waals surface area contributed by atoms with Crippen molar-refractivity contribution in [1.82, 2.24) is 14.5 Å². The number of fused-ring (bicyclic) bond motifs is 2. The minimum atomic E-state index is -0.430. The number of hydrogen-bond donors (Lipinski definition) is 1. The van der Waals surface area contributed by atoms with E-state index < -0.39 is 11.8 Å². The number of rotatable bonds is 6. The van der Waals surface area contributed by atoms with Crippen LogP contribution < -0.4 is 10.3 Å². The highest BCUT2D eigenvalue weighted by Crippen LogP contribution is 2.31. The molecule has 0 radical (unpaired) electrons. The number of phenols is 1. The lowest BCUT2D eigenvalue weighted by Crippen LogP contribution is -2.33. The Morgan fingerprint density at radius 1 is 0.914 bits per heavy atom. The molecule has 0 unspecified atom stereocenters. The first kappa shape index (κ1) is 22.3. The second-order valence-electron chi connectivity index (χ2n) is 8.56. The van der Waals surface area contributed by atoms with Crippen molar-refractivity contribution in [3.05, 3.63) is 94.0 Å². The predicted octanol–water partition coefficient (Wildman–Crippen LogP) is 3.72. The van der Waals surface area contributed by atoms with E-state index in [-0.39, 0.29) is 35.9 Å². The van der Waals surface area contributed by atoms with Crippen LogP contribution in [0.25, 0.3) is 16.6 Å². The number of aromatic hydroxyl groups is 1. The van der Waals surface area contributed by atoms with E-state index in [9.17, 15) is 19.5 Å². The van der Waals surface area contributed by atoms with Gasteiger partial charge in [0.15, 0.2) is 0 Å². The molecule has 8 heteroatoms. The lowest BCUT2D eigenvalue weighted by molar-refractivity contribution is 0.0654. The molecule has 8 nitrogen and oxygen atoms in total. The van der Waals surface area contributed by atoms with Gasteiger partial charge in [0.1, 0.15) is 17.3 Å². The normalized spacial score (nSPS) is 13.1. The Hall–Kier alpha value is -4.46. The molecule has 176 valence electrons. The van der Waals surface area contributed by atoms with Crippen molar-refractivity contribution < 1.29 is 19.4 Å². The number of amides is 2. The Balaban J connectivity index is 1.52. The van der Waals surface area contributed by atoms with Gasteiger partial charge in [-0.3, -0.25) is 23.9 Å². The van der Waals surface area contributed by atoms with Crippen molar-refractivity contribution in [1.29, 1.82) is 0 Å². The summed E-state index contributed by atoms with van der Waals surface area (Å²) in [5.74, 6) is 0.0134. The number of aromatic nitrogens is 2. The molecule has 0 spiro atoms. The van der Waals surface area contributed by atoms with E-state index in [0.29, 0.717) is 33.7 Å². The zero-order chi connectivity index (χ0) is 24.7. The average Bonchev–Trinajstić information content (AvgIpc) is 3.08. The maximum absolute atomic E-state index is 13.4. The molecule has 1 N–H and O–H groups in total. The number of carbonyl (C=O) groups is 2. The zero-order valence-electron chi connectivity index (χ0n) is 19.3. The quantitative estimate of drug-likeness (QED) is 0.432. The van der Waals surface area contributed by atoms with Crippen molar-refractivity contribution in [3.8, 4) is 17.2 Å². The van der Waals surface area contributed by atoms with Gasteiger partial charge in [0, 0.05) is 13.0 Å². The maximum atomic E-state index is 13.4. The Bertz CT molecular complexity index is 1520. The molecule has 35 heavy (non-hydrogen) atoms. The van der Waals surface area contributed by atoms with E-state index in [1.165, 1.54) is 21.6 Å². The Morgan fingerprint density at radius 3 is 2.40 bits per heavy atom. The van der Waals surface area contributed by atoms with Crippen LogP contribution in [0.15, 0.2) is 71.5 Å². The van der Waals surface area contributed by atoms with E-state index in [1.807, 2.05) is 13.8 Å². The van der Waals surface area contributed by atoms with Crippen LogP contribution in [-0.2, 0) is 6.42 Å². The first-order valence-corrected chi connectivity index (χ1v) is 11.3. The molecule has 0 bridgehead atoms. The number of para-hydroxylation sites is 1. The average molecular weight is 469 g/mol. The Labute approximate surface area is 201 Å². The summed E-state index contributed by atoms with van der Waals surface area (Å²) in [5.41, 5.74) is 1.34. The van der Waals surface area contributed by atoms with Crippen LogP contribution in [0.3, 0.4) is 0 Å². The summed E-state index contributed by atoms with van der Waals surface area (Å²) < 4.78 is 7.21. The minimum absolute atomic E-state index is 0.0380. The zero-order valence-corrected chi connectivity index (χ0v) is 19.3. The van der Waals surface area contributed by atoms with Gasteiger partial charge in [0.25, 0.3) is 17.4 Å². The van der Waals surface area contributed by atoms with Crippen molar-refractivity contribution in [3.63, 3.8) is 0 Å². The van der Waals surface area contributed by atoms with Crippen LogP contribution in [0.1, 0.15) is 40.4 Å². The summed E-state index contributed by atoms with van der Waals surface area (Å²) >= 11 is 0. The molecule has 1 aliphatic rings. The lowest BCUT2D eigenvalue weighted by atomic mass is 10.1. The molecule has 0 saturated carbocycles. The minimum Gasteiger partial charge on any atom is -0.508 e. The lowest BCUT2D eigenvalue weighted by Gasteiger charge is -2.17. The van der Waals surface area contributed by atoms with Crippen LogP contribution in [-0.4, -0.2) is 44.0 Å². The van der Waals surface area contributed by atoms with Gasteiger partial charge in [0.05, 0.1) is 33.8 Å². The van der Waals surface area contributed by atoms with E-state index in [0.717, 1.165) is 0 Å². The molecular weight excluding hydrogens is 446 g/mol. The number of phenolic OH excluding ortho intramolecular Hbond substituents is 1. The number of nitrogens with zero attached hydrogens (tertiary/aromatic N) is 3. The third kappa shape index (κ3) is 3.93. The summed E-state index contributed by atoms with van der Waals surface area (Å²) in [6, 6.07) is 18.2. The van der Waals surface area contributed by atoms with Crippen LogP contribution in [0.2, 0.25) is 0 Å². The van der Waals surface area contributed by atoms with Gasteiger partial charge in [-0.05, 0) is 62.4 Å². The molecule has 2 heterocycles. The molecule has 4 aromatic rings. The van der Waals surface area contributed by atoms with Crippen molar-refractivity contribution in [2.75, 3.05) is 6.54 Å². The Kier molecular flexibility index (Phi) is 5.56. The molecule has 0 saturated heterocycles. The molecule has 0 atom stereocenters. The fourth-order valence-electron chi connectivity index (χ4n) is 4.28.